The van der Waals surface area contributed by atoms with Crippen LogP contribution in [0.4, 0.5) is 0 Å². The monoisotopic (exact) mass is 348 g/mol. The third-order valence-electron chi connectivity index (χ3n) is 3.94. The topological polar surface area (TPSA) is 75.7 Å². The van der Waals surface area contributed by atoms with Crippen molar-refractivity contribution in [3.05, 3.63) is 16.5 Å². The molecule has 1 aromatic rings. The standard InChI is InChI=1S/C14H28N2O2S2Si/c1-10-9-11(19-12(10)14(5,6)17)20(15,18)16-21(7,8)13(2,3)4/h9,17H,1-8H3,(H2,15,16,18). The van der Waals surface area contributed by atoms with Crippen LogP contribution in [0, 0.1) is 6.92 Å². The second kappa shape index (κ2) is 5.45. The van der Waals surface area contributed by atoms with Gasteiger partial charge in [0.2, 0.25) is 0 Å². The highest BCUT2D eigenvalue weighted by Gasteiger charge is 2.37. The molecule has 122 valence electrons. The van der Waals surface area contributed by atoms with E-state index in [1.165, 1.54) is 11.3 Å². The van der Waals surface area contributed by atoms with E-state index in [2.05, 4.69) is 37.9 Å². The van der Waals surface area contributed by atoms with Crippen molar-refractivity contribution >= 4 is 29.5 Å². The minimum atomic E-state index is -2.92. The van der Waals surface area contributed by atoms with E-state index in [1.807, 2.05) is 6.92 Å². The van der Waals surface area contributed by atoms with Gasteiger partial charge in [-0.25, -0.2) is 9.35 Å². The van der Waals surface area contributed by atoms with E-state index in [-0.39, 0.29) is 5.04 Å². The summed E-state index contributed by atoms with van der Waals surface area (Å²) in [6, 6.07) is 1.80. The Morgan fingerprint density at radius 3 is 2.10 bits per heavy atom. The zero-order valence-corrected chi connectivity index (χ0v) is 16.9. The van der Waals surface area contributed by atoms with Crippen molar-refractivity contribution in [3.8, 4) is 0 Å². The minimum Gasteiger partial charge on any atom is -0.385 e. The van der Waals surface area contributed by atoms with Crippen LogP contribution in [0.3, 0.4) is 0 Å². The van der Waals surface area contributed by atoms with E-state index >= 15 is 0 Å². The van der Waals surface area contributed by atoms with Crippen molar-refractivity contribution in [2.45, 2.75) is 69.5 Å². The van der Waals surface area contributed by atoms with Crippen LogP contribution in [-0.2, 0) is 15.5 Å². The highest BCUT2D eigenvalue weighted by molar-refractivity contribution is 7.94. The Morgan fingerprint density at radius 1 is 1.29 bits per heavy atom. The molecule has 1 heterocycles. The number of nitrogens with two attached hydrogens (primary N) is 1. The van der Waals surface area contributed by atoms with Gasteiger partial charge in [0.05, 0.1) is 5.60 Å². The molecule has 0 saturated carbocycles. The van der Waals surface area contributed by atoms with Gasteiger partial charge in [0.25, 0.3) is 0 Å². The summed E-state index contributed by atoms with van der Waals surface area (Å²) in [5.74, 6) is 0. The van der Waals surface area contributed by atoms with Crippen LogP contribution < -0.4 is 5.14 Å². The Labute approximate surface area is 134 Å². The van der Waals surface area contributed by atoms with Gasteiger partial charge in [0, 0.05) is 4.88 Å². The van der Waals surface area contributed by atoms with Gasteiger partial charge in [0.1, 0.15) is 14.1 Å². The molecular weight excluding hydrogens is 320 g/mol. The van der Waals surface area contributed by atoms with E-state index in [0.29, 0.717) is 4.21 Å². The number of nitrogens with zero attached hydrogens (tertiary/aromatic N) is 1. The highest BCUT2D eigenvalue weighted by atomic mass is 32.2. The zero-order chi connectivity index (χ0) is 16.9. The van der Waals surface area contributed by atoms with Crippen LogP contribution in [0.15, 0.2) is 14.3 Å². The lowest BCUT2D eigenvalue weighted by Crippen LogP contribution is -2.37. The lowest BCUT2D eigenvalue weighted by atomic mass is 10.1. The quantitative estimate of drug-likeness (QED) is 0.810. The summed E-state index contributed by atoms with van der Waals surface area (Å²) < 4.78 is 18.1. The van der Waals surface area contributed by atoms with E-state index in [1.54, 1.807) is 19.9 Å². The maximum Gasteiger partial charge on any atom is 0.195 e. The number of hydrogen-bond acceptors (Lipinski definition) is 4. The second-order valence-corrected chi connectivity index (χ2v) is 15.8. The van der Waals surface area contributed by atoms with Crippen molar-refractivity contribution in [2.75, 3.05) is 0 Å². The summed E-state index contributed by atoms with van der Waals surface area (Å²) in [5, 5.41) is 16.2. The molecule has 3 N–H and O–H groups in total. The van der Waals surface area contributed by atoms with Crippen LogP contribution >= 0.6 is 11.3 Å². The normalized spacial score (nSPS) is 16.7. The number of aliphatic hydroxyl groups is 1. The van der Waals surface area contributed by atoms with Crippen molar-refractivity contribution in [2.24, 2.45) is 9.17 Å². The summed E-state index contributed by atoms with van der Waals surface area (Å²) in [6.45, 7) is 15.8. The van der Waals surface area contributed by atoms with Gasteiger partial charge < -0.3 is 5.11 Å². The first-order chi connectivity index (χ1) is 9.08. The smallest absolute Gasteiger partial charge is 0.195 e. The highest BCUT2D eigenvalue weighted by Crippen LogP contribution is 2.39. The number of rotatable bonds is 3. The first-order valence-corrected chi connectivity index (χ1v) is 12.3. The van der Waals surface area contributed by atoms with E-state index < -0.39 is 23.8 Å². The average Bonchev–Trinajstić information content (AvgIpc) is 2.56. The van der Waals surface area contributed by atoms with Gasteiger partial charge in [-0.1, -0.05) is 20.8 Å². The number of hydrogen-bond donors (Lipinski definition) is 2. The molecular formula is C14H28N2O2S2Si. The van der Waals surface area contributed by atoms with Crippen LogP contribution in [-0.4, -0.2) is 17.6 Å². The second-order valence-electron chi connectivity index (χ2n) is 7.61. The summed E-state index contributed by atoms with van der Waals surface area (Å²) in [7, 11) is -5.03. The maximum atomic E-state index is 12.9. The largest absolute Gasteiger partial charge is 0.385 e. The molecule has 0 aliphatic carbocycles. The first kappa shape index (κ1) is 18.8. The van der Waals surface area contributed by atoms with Gasteiger partial charge in [0.15, 0.2) is 8.24 Å². The van der Waals surface area contributed by atoms with Crippen molar-refractivity contribution < 1.29 is 9.32 Å². The third kappa shape index (κ3) is 4.16. The zero-order valence-electron chi connectivity index (χ0n) is 14.3. The summed E-state index contributed by atoms with van der Waals surface area (Å²) in [4.78, 5) is 0.793. The molecule has 7 heteroatoms. The fourth-order valence-electron chi connectivity index (χ4n) is 1.73. The summed E-state index contributed by atoms with van der Waals surface area (Å²) in [6.07, 6.45) is 0. The van der Waals surface area contributed by atoms with Crippen LogP contribution in [0.2, 0.25) is 18.1 Å². The molecule has 0 aliphatic rings. The molecule has 21 heavy (non-hydrogen) atoms. The molecule has 0 saturated heterocycles. The molecule has 0 amide bonds. The van der Waals surface area contributed by atoms with Crippen molar-refractivity contribution in [1.82, 2.24) is 0 Å². The SMILES string of the molecule is Cc1cc(S(N)(=O)=N[Si](C)(C)C(C)(C)C)sc1C(C)(C)O. The van der Waals surface area contributed by atoms with Gasteiger partial charge in [-0.05, 0) is 50.5 Å². The molecule has 0 aliphatic heterocycles. The summed E-state index contributed by atoms with van der Waals surface area (Å²) >= 11 is 1.30. The van der Waals surface area contributed by atoms with E-state index in [4.69, 9.17) is 5.14 Å². The van der Waals surface area contributed by atoms with Crippen molar-refractivity contribution in [3.63, 3.8) is 0 Å². The average molecular weight is 349 g/mol. The molecule has 1 atom stereocenters. The Kier molecular flexibility index (Phi) is 4.89. The van der Waals surface area contributed by atoms with Gasteiger partial charge in [-0.15, -0.1) is 11.3 Å². The van der Waals surface area contributed by atoms with Gasteiger partial charge in [-0.3, -0.25) is 4.03 Å². The molecule has 1 aromatic heterocycles. The van der Waals surface area contributed by atoms with E-state index in [9.17, 15) is 9.32 Å². The molecule has 1 unspecified atom stereocenters. The Hall–Kier alpha value is -0.213. The molecule has 1 rings (SSSR count). The number of thiophene rings is 1. The van der Waals surface area contributed by atoms with Crippen molar-refractivity contribution in [1.29, 1.82) is 0 Å². The number of aryl methyl sites for hydroxylation is 1. The molecule has 4 nitrogen and oxygen atoms in total. The third-order valence-corrected chi connectivity index (χ3v) is 13.5. The molecule has 0 fully saturated rings. The fourth-order valence-corrected chi connectivity index (χ4v) is 8.21. The maximum absolute atomic E-state index is 12.9. The lowest BCUT2D eigenvalue weighted by Gasteiger charge is -2.32. The van der Waals surface area contributed by atoms with Crippen LogP contribution in [0.5, 0.6) is 0 Å². The minimum absolute atomic E-state index is 0.0135. The Bertz CT molecular complexity index is 643. The van der Waals surface area contributed by atoms with E-state index in [0.717, 1.165) is 10.4 Å². The molecule has 0 radical (unpaired) electrons. The Morgan fingerprint density at radius 2 is 1.76 bits per heavy atom. The summed E-state index contributed by atoms with van der Waals surface area (Å²) in [5.41, 5.74) is -0.0504. The first-order valence-electron chi connectivity index (χ1n) is 6.97. The Balaban J connectivity index is 3.43. The molecule has 0 spiro atoms. The lowest BCUT2D eigenvalue weighted by molar-refractivity contribution is 0.0819. The van der Waals surface area contributed by atoms with Gasteiger partial charge in [-0.2, -0.15) is 0 Å². The van der Waals surface area contributed by atoms with Crippen LogP contribution in [0.25, 0.3) is 0 Å². The molecule has 0 aromatic carbocycles. The van der Waals surface area contributed by atoms with Gasteiger partial charge >= 0.3 is 0 Å². The predicted octanol–water partition coefficient (Wildman–Crippen LogP) is 3.99. The predicted molar refractivity (Wildman–Crippen MR) is 94.5 cm³/mol. The fraction of sp³-hybridized carbons (Fsp3) is 0.714. The molecule has 0 bridgehead atoms. The van der Waals surface area contributed by atoms with Crippen LogP contribution in [0.1, 0.15) is 45.1 Å².